The third-order valence-corrected chi connectivity index (χ3v) is 3.05. The largest absolute Gasteiger partial charge is 0.462 e. The SMILES string of the molecule is CCOC(=O)c1cn(C(C)C)c2cc(F)ccc2c1=O. The van der Waals surface area contributed by atoms with Crippen molar-refractivity contribution in [2.75, 3.05) is 6.61 Å². The van der Waals surface area contributed by atoms with Crippen LogP contribution >= 0.6 is 0 Å². The van der Waals surface area contributed by atoms with Gasteiger partial charge in [-0.05, 0) is 39.0 Å². The van der Waals surface area contributed by atoms with Gasteiger partial charge in [0, 0.05) is 17.6 Å². The Bertz CT molecular complexity index is 719. The summed E-state index contributed by atoms with van der Waals surface area (Å²) in [7, 11) is 0. The van der Waals surface area contributed by atoms with Gasteiger partial charge in [-0.1, -0.05) is 0 Å². The Labute approximate surface area is 115 Å². The monoisotopic (exact) mass is 277 g/mol. The Kier molecular flexibility index (Phi) is 3.88. The standard InChI is InChI=1S/C15H16FNO3/c1-4-20-15(19)12-8-17(9(2)3)13-7-10(16)5-6-11(13)14(12)18/h5-9H,4H2,1-3H3. The predicted octanol–water partition coefficient (Wildman–Crippen LogP) is 2.90. The summed E-state index contributed by atoms with van der Waals surface area (Å²) < 4.78 is 20.0. The maximum Gasteiger partial charge on any atom is 0.343 e. The highest BCUT2D eigenvalue weighted by molar-refractivity contribution is 5.93. The van der Waals surface area contributed by atoms with E-state index in [-0.39, 0.29) is 18.2 Å². The fraction of sp³-hybridized carbons (Fsp3) is 0.333. The molecule has 0 N–H and O–H groups in total. The van der Waals surface area contributed by atoms with Crippen LogP contribution in [-0.2, 0) is 4.74 Å². The molecule has 0 aliphatic carbocycles. The first-order valence-electron chi connectivity index (χ1n) is 6.47. The Hall–Kier alpha value is -2.17. The van der Waals surface area contributed by atoms with E-state index in [0.717, 1.165) is 0 Å². The van der Waals surface area contributed by atoms with Crippen LogP contribution < -0.4 is 5.43 Å². The third kappa shape index (κ3) is 2.43. The lowest BCUT2D eigenvalue weighted by molar-refractivity contribution is 0.0524. The molecule has 106 valence electrons. The summed E-state index contributed by atoms with van der Waals surface area (Å²) in [6, 6.07) is 3.89. The number of hydrogen-bond acceptors (Lipinski definition) is 3. The molecule has 0 saturated carbocycles. The van der Waals surface area contributed by atoms with Gasteiger partial charge in [0.25, 0.3) is 0 Å². The molecule has 0 saturated heterocycles. The van der Waals surface area contributed by atoms with Crippen LogP contribution in [0.2, 0.25) is 0 Å². The van der Waals surface area contributed by atoms with E-state index in [1.54, 1.807) is 11.5 Å². The lowest BCUT2D eigenvalue weighted by Gasteiger charge is -2.16. The Morgan fingerprint density at radius 2 is 2.10 bits per heavy atom. The number of pyridine rings is 1. The quantitative estimate of drug-likeness (QED) is 0.810. The summed E-state index contributed by atoms with van der Waals surface area (Å²) in [6.45, 7) is 5.66. The fourth-order valence-corrected chi connectivity index (χ4v) is 2.10. The second-order valence-electron chi connectivity index (χ2n) is 4.75. The van der Waals surface area contributed by atoms with Crippen LogP contribution in [0.4, 0.5) is 4.39 Å². The van der Waals surface area contributed by atoms with Gasteiger partial charge in [-0.15, -0.1) is 0 Å². The first kappa shape index (κ1) is 14.2. The van der Waals surface area contributed by atoms with Gasteiger partial charge in [0.2, 0.25) is 5.43 Å². The van der Waals surface area contributed by atoms with Gasteiger partial charge in [-0.3, -0.25) is 4.79 Å². The number of ether oxygens (including phenoxy) is 1. The van der Waals surface area contributed by atoms with Gasteiger partial charge in [-0.2, -0.15) is 0 Å². The van der Waals surface area contributed by atoms with Crippen molar-refractivity contribution in [2.24, 2.45) is 0 Å². The van der Waals surface area contributed by atoms with Crippen molar-refractivity contribution in [3.63, 3.8) is 0 Å². The molecule has 4 nitrogen and oxygen atoms in total. The summed E-state index contributed by atoms with van der Waals surface area (Å²) in [6.07, 6.45) is 1.44. The van der Waals surface area contributed by atoms with Crippen molar-refractivity contribution < 1.29 is 13.9 Å². The average molecular weight is 277 g/mol. The van der Waals surface area contributed by atoms with E-state index in [2.05, 4.69) is 0 Å². The van der Waals surface area contributed by atoms with Gasteiger partial charge in [0.05, 0.1) is 12.1 Å². The normalized spacial score (nSPS) is 11.1. The van der Waals surface area contributed by atoms with E-state index in [0.29, 0.717) is 10.9 Å². The lowest BCUT2D eigenvalue weighted by Crippen LogP contribution is -2.21. The van der Waals surface area contributed by atoms with Crippen LogP contribution in [-0.4, -0.2) is 17.1 Å². The molecule has 0 radical (unpaired) electrons. The second-order valence-corrected chi connectivity index (χ2v) is 4.75. The number of carbonyl (C=O) groups excluding carboxylic acids is 1. The molecule has 0 aliphatic rings. The molecule has 0 aliphatic heterocycles. The average Bonchev–Trinajstić information content (AvgIpc) is 2.38. The van der Waals surface area contributed by atoms with Crippen molar-refractivity contribution in [3.8, 4) is 0 Å². The summed E-state index contributed by atoms with van der Waals surface area (Å²) >= 11 is 0. The van der Waals surface area contributed by atoms with Gasteiger partial charge in [0.15, 0.2) is 0 Å². The Balaban J connectivity index is 2.80. The van der Waals surface area contributed by atoms with Gasteiger partial charge < -0.3 is 9.30 Å². The maximum absolute atomic E-state index is 13.4. The van der Waals surface area contributed by atoms with Crippen molar-refractivity contribution in [1.82, 2.24) is 4.57 Å². The highest BCUT2D eigenvalue weighted by Gasteiger charge is 2.17. The topological polar surface area (TPSA) is 48.3 Å². The maximum atomic E-state index is 13.4. The van der Waals surface area contributed by atoms with E-state index < -0.39 is 17.2 Å². The molecule has 0 atom stereocenters. The first-order valence-corrected chi connectivity index (χ1v) is 6.47. The summed E-state index contributed by atoms with van der Waals surface area (Å²) in [4.78, 5) is 24.1. The number of fused-ring (bicyclic) bond motifs is 1. The smallest absolute Gasteiger partial charge is 0.343 e. The van der Waals surface area contributed by atoms with Crippen LogP contribution in [0.3, 0.4) is 0 Å². The zero-order valence-corrected chi connectivity index (χ0v) is 11.6. The van der Waals surface area contributed by atoms with Gasteiger partial charge in [0.1, 0.15) is 11.4 Å². The number of hydrogen-bond donors (Lipinski definition) is 0. The molecular weight excluding hydrogens is 261 g/mol. The predicted molar refractivity (Wildman–Crippen MR) is 74.5 cm³/mol. The Morgan fingerprint density at radius 1 is 1.40 bits per heavy atom. The number of benzene rings is 1. The van der Waals surface area contributed by atoms with Crippen molar-refractivity contribution in [3.05, 3.63) is 46.0 Å². The molecular formula is C15H16FNO3. The number of esters is 1. The molecule has 0 bridgehead atoms. The van der Waals surface area contributed by atoms with Gasteiger partial charge >= 0.3 is 5.97 Å². The van der Waals surface area contributed by atoms with E-state index in [4.69, 9.17) is 4.74 Å². The minimum atomic E-state index is -0.655. The van der Waals surface area contributed by atoms with Crippen LogP contribution in [0.5, 0.6) is 0 Å². The lowest BCUT2D eigenvalue weighted by atomic mass is 10.1. The molecule has 1 heterocycles. The number of aromatic nitrogens is 1. The van der Waals surface area contributed by atoms with Gasteiger partial charge in [-0.25, -0.2) is 9.18 Å². The zero-order chi connectivity index (χ0) is 14.9. The molecule has 2 aromatic rings. The highest BCUT2D eigenvalue weighted by Crippen LogP contribution is 2.18. The Morgan fingerprint density at radius 3 is 2.70 bits per heavy atom. The van der Waals surface area contributed by atoms with E-state index in [1.165, 1.54) is 24.4 Å². The fourth-order valence-electron chi connectivity index (χ4n) is 2.10. The first-order chi connectivity index (χ1) is 9.45. The number of nitrogens with zero attached hydrogens (tertiary/aromatic N) is 1. The molecule has 20 heavy (non-hydrogen) atoms. The third-order valence-electron chi connectivity index (χ3n) is 3.05. The van der Waals surface area contributed by atoms with E-state index >= 15 is 0 Å². The molecule has 1 aromatic carbocycles. The molecule has 0 fully saturated rings. The van der Waals surface area contributed by atoms with Crippen LogP contribution in [0.25, 0.3) is 10.9 Å². The summed E-state index contributed by atoms with van der Waals surface area (Å²) in [5.41, 5.74) is 0.00746. The molecule has 0 unspecified atom stereocenters. The number of halogens is 1. The van der Waals surface area contributed by atoms with Crippen LogP contribution in [0.1, 0.15) is 37.2 Å². The molecule has 2 rings (SSSR count). The molecule has 1 aromatic heterocycles. The molecule has 5 heteroatoms. The highest BCUT2D eigenvalue weighted by atomic mass is 19.1. The summed E-state index contributed by atoms with van der Waals surface area (Å²) in [5.74, 6) is -1.08. The van der Waals surface area contributed by atoms with E-state index in [1.807, 2.05) is 13.8 Å². The molecule has 0 spiro atoms. The summed E-state index contributed by atoms with van der Waals surface area (Å²) in [5, 5.41) is 0.311. The van der Waals surface area contributed by atoms with Crippen molar-refractivity contribution in [1.29, 1.82) is 0 Å². The van der Waals surface area contributed by atoms with Crippen molar-refractivity contribution >= 4 is 16.9 Å². The van der Waals surface area contributed by atoms with Crippen molar-refractivity contribution in [2.45, 2.75) is 26.8 Å². The minimum absolute atomic E-state index is 0.0203. The zero-order valence-electron chi connectivity index (χ0n) is 11.6. The minimum Gasteiger partial charge on any atom is -0.462 e. The van der Waals surface area contributed by atoms with E-state index in [9.17, 15) is 14.0 Å². The number of carbonyl (C=O) groups is 1. The van der Waals surface area contributed by atoms with Crippen LogP contribution in [0, 0.1) is 5.82 Å². The molecule has 0 amide bonds. The van der Waals surface area contributed by atoms with Crippen LogP contribution in [0.15, 0.2) is 29.2 Å². The number of rotatable bonds is 3. The second kappa shape index (κ2) is 5.45.